The topological polar surface area (TPSA) is 57.7 Å². The summed E-state index contributed by atoms with van der Waals surface area (Å²) in [6, 6.07) is 14.3. The van der Waals surface area contributed by atoms with E-state index >= 15 is 0 Å². The highest BCUT2D eigenvalue weighted by atomic mass is 19.4. The average Bonchev–Trinajstić information content (AvgIpc) is 3.23. The van der Waals surface area contributed by atoms with Gasteiger partial charge in [0.15, 0.2) is 5.65 Å². The molecule has 1 N–H and O–H groups in total. The molecule has 0 spiro atoms. The lowest BCUT2D eigenvalue weighted by Crippen LogP contribution is -2.35. The average molecular weight is 437 g/mol. The molecule has 0 saturated carbocycles. The third-order valence-electron chi connectivity index (χ3n) is 6.13. The van der Waals surface area contributed by atoms with Crippen molar-refractivity contribution >= 4 is 16.9 Å². The number of benzene rings is 1. The molecule has 1 saturated heterocycles. The normalized spacial score (nSPS) is 17.1. The number of hydrogen-bond acceptors (Lipinski definition) is 4. The van der Waals surface area contributed by atoms with Crippen molar-refractivity contribution in [3.63, 3.8) is 0 Å². The van der Waals surface area contributed by atoms with Crippen LogP contribution in [0.15, 0.2) is 54.7 Å². The molecular formula is C24H22F3N5. The molecule has 4 aromatic rings. The van der Waals surface area contributed by atoms with Gasteiger partial charge in [0.25, 0.3) is 0 Å². The molecule has 5 rings (SSSR count). The van der Waals surface area contributed by atoms with Gasteiger partial charge in [0.05, 0.1) is 11.3 Å². The molecule has 0 radical (unpaired) electrons. The van der Waals surface area contributed by atoms with Gasteiger partial charge >= 0.3 is 6.18 Å². The number of nitrogens with zero attached hydrogens (tertiary/aromatic N) is 4. The molecule has 8 heteroatoms. The molecule has 1 unspecified atom stereocenters. The van der Waals surface area contributed by atoms with Gasteiger partial charge in [-0.05, 0) is 55.2 Å². The van der Waals surface area contributed by atoms with Gasteiger partial charge in [-0.2, -0.15) is 18.3 Å². The molecule has 5 nitrogen and oxygen atoms in total. The first kappa shape index (κ1) is 20.5. The van der Waals surface area contributed by atoms with Crippen molar-refractivity contribution in [3.8, 4) is 11.4 Å². The van der Waals surface area contributed by atoms with E-state index in [2.05, 4.69) is 44.1 Å². The number of aromatic amines is 1. The Morgan fingerprint density at radius 3 is 2.72 bits per heavy atom. The summed E-state index contributed by atoms with van der Waals surface area (Å²) in [6.45, 7) is 3.57. The highest BCUT2D eigenvalue weighted by Crippen LogP contribution is 2.39. The van der Waals surface area contributed by atoms with E-state index in [4.69, 9.17) is 0 Å². The number of nitrogens with one attached hydrogen (secondary N) is 1. The Morgan fingerprint density at radius 2 is 1.91 bits per heavy atom. The van der Waals surface area contributed by atoms with Gasteiger partial charge in [-0.3, -0.25) is 5.10 Å². The van der Waals surface area contributed by atoms with Gasteiger partial charge in [-0.25, -0.2) is 9.97 Å². The van der Waals surface area contributed by atoms with E-state index in [9.17, 15) is 13.2 Å². The Labute approximate surface area is 183 Å². The summed E-state index contributed by atoms with van der Waals surface area (Å²) in [5.41, 5.74) is 2.17. The minimum atomic E-state index is -4.54. The molecular weight excluding hydrogens is 415 g/mol. The second-order valence-electron chi connectivity index (χ2n) is 8.18. The lowest BCUT2D eigenvalue weighted by molar-refractivity contribution is -0.137. The zero-order valence-corrected chi connectivity index (χ0v) is 17.5. The highest BCUT2D eigenvalue weighted by molar-refractivity contribution is 5.90. The predicted octanol–water partition coefficient (Wildman–Crippen LogP) is 5.73. The number of pyridine rings is 2. The van der Waals surface area contributed by atoms with Gasteiger partial charge in [-0.1, -0.05) is 24.3 Å². The third kappa shape index (κ3) is 3.70. The number of alkyl halides is 3. The number of rotatable bonds is 3. The summed E-state index contributed by atoms with van der Waals surface area (Å²) in [6.07, 6.45) is -0.980. The van der Waals surface area contributed by atoms with Crippen molar-refractivity contribution in [1.82, 2.24) is 20.2 Å². The molecule has 4 heterocycles. The van der Waals surface area contributed by atoms with E-state index in [-0.39, 0.29) is 11.4 Å². The number of aromatic nitrogens is 4. The van der Waals surface area contributed by atoms with E-state index in [0.29, 0.717) is 29.3 Å². The van der Waals surface area contributed by atoms with Crippen LogP contribution in [0.2, 0.25) is 0 Å². The number of aryl methyl sites for hydroxylation is 1. The van der Waals surface area contributed by atoms with E-state index in [1.807, 2.05) is 12.1 Å². The summed E-state index contributed by atoms with van der Waals surface area (Å²) in [5.74, 6) is 0.854. The molecule has 1 aliphatic heterocycles. The Morgan fingerprint density at radius 1 is 1.06 bits per heavy atom. The maximum absolute atomic E-state index is 13.8. The summed E-state index contributed by atoms with van der Waals surface area (Å²) in [7, 11) is 0. The van der Waals surface area contributed by atoms with Gasteiger partial charge < -0.3 is 4.90 Å². The van der Waals surface area contributed by atoms with Crippen LogP contribution in [0.5, 0.6) is 0 Å². The van der Waals surface area contributed by atoms with Crippen LogP contribution in [0.25, 0.3) is 22.4 Å². The first-order chi connectivity index (χ1) is 15.4. The second kappa shape index (κ2) is 7.93. The SMILES string of the molecule is Cc1ccccc1C1CCCN(c2ccc(C(F)(F)F)c(-c3[nH]nc4ncccc34)n2)C1. The number of H-pyrrole nitrogens is 1. The third-order valence-corrected chi connectivity index (χ3v) is 6.13. The Hall–Kier alpha value is -3.42. The van der Waals surface area contributed by atoms with Crippen LogP contribution in [-0.2, 0) is 6.18 Å². The fraction of sp³-hybridized carbons (Fsp3) is 0.292. The fourth-order valence-electron chi connectivity index (χ4n) is 4.56. The maximum Gasteiger partial charge on any atom is 0.418 e. The van der Waals surface area contributed by atoms with E-state index in [0.717, 1.165) is 25.5 Å². The summed E-state index contributed by atoms with van der Waals surface area (Å²) in [4.78, 5) is 10.7. The van der Waals surface area contributed by atoms with Crippen LogP contribution in [0.4, 0.5) is 19.0 Å². The number of halogens is 3. The quantitative estimate of drug-likeness (QED) is 0.445. The molecule has 1 aromatic carbocycles. The van der Waals surface area contributed by atoms with Crippen molar-refractivity contribution in [1.29, 1.82) is 0 Å². The lowest BCUT2D eigenvalue weighted by atomic mass is 9.88. The molecule has 0 aliphatic carbocycles. The monoisotopic (exact) mass is 437 g/mol. The zero-order chi connectivity index (χ0) is 22.3. The Bertz CT molecular complexity index is 1260. The molecule has 164 valence electrons. The number of piperidine rings is 1. The number of fused-ring (bicyclic) bond motifs is 1. The molecule has 1 aliphatic rings. The van der Waals surface area contributed by atoms with Crippen LogP contribution in [-0.4, -0.2) is 33.3 Å². The van der Waals surface area contributed by atoms with Gasteiger partial charge in [0.1, 0.15) is 11.5 Å². The molecule has 0 amide bonds. The number of hydrogen-bond donors (Lipinski definition) is 1. The molecule has 32 heavy (non-hydrogen) atoms. The van der Waals surface area contributed by atoms with Crippen LogP contribution < -0.4 is 4.90 Å². The molecule has 1 fully saturated rings. The second-order valence-corrected chi connectivity index (χ2v) is 8.18. The fourth-order valence-corrected chi connectivity index (χ4v) is 4.56. The van der Waals surface area contributed by atoms with Crippen molar-refractivity contribution in [2.24, 2.45) is 0 Å². The number of anilines is 1. The largest absolute Gasteiger partial charge is 0.418 e. The zero-order valence-electron chi connectivity index (χ0n) is 17.5. The van der Waals surface area contributed by atoms with Gasteiger partial charge in [0, 0.05) is 30.6 Å². The minimum absolute atomic E-state index is 0.150. The Kier molecular flexibility index (Phi) is 5.07. The maximum atomic E-state index is 13.8. The van der Waals surface area contributed by atoms with E-state index < -0.39 is 11.7 Å². The van der Waals surface area contributed by atoms with Crippen molar-refractivity contribution in [2.75, 3.05) is 18.0 Å². The van der Waals surface area contributed by atoms with E-state index in [1.165, 1.54) is 17.2 Å². The van der Waals surface area contributed by atoms with Crippen LogP contribution in [0, 0.1) is 6.92 Å². The smallest absolute Gasteiger partial charge is 0.356 e. The molecule has 1 atom stereocenters. The summed E-state index contributed by atoms with van der Waals surface area (Å²) >= 11 is 0. The van der Waals surface area contributed by atoms with Crippen LogP contribution in [0.1, 0.15) is 35.4 Å². The van der Waals surface area contributed by atoms with Crippen molar-refractivity contribution < 1.29 is 13.2 Å². The highest BCUT2D eigenvalue weighted by Gasteiger charge is 2.36. The van der Waals surface area contributed by atoms with Gasteiger partial charge in [-0.15, -0.1) is 0 Å². The Balaban J connectivity index is 1.56. The first-order valence-electron chi connectivity index (χ1n) is 10.6. The first-order valence-corrected chi connectivity index (χ1v) is 10.6. The lowest BCUT2D eigenvalue weighted by Gasteiger charge is -2.34. The molecule has 0 bridgehead atoms. The van der Waals surface area contributed by atoms with Crippen molar-refractivity contribution in [3.05, 3.63) is 71.4 Å². The summed E-state index contributed by atoms with van der Waals surface area (Å²) in [5, 5.41) is 7.30. The van der Waals surface area contributed by atoms with Gasteiger partial charge in [0.2, 0.25) is 0 Å². The van der Waals surface area contributed by atoms with Crippen molar-refractivity contribution in [2.45, 2.75) is 31.9 Å². The van der Waals surface area contributed by atoms with Crippen LogP contribution >= 0.6 is 0 Å². The minimum Gasteiger partial charge on any atom is -0.356 e. The summed E-state index contributed by atoms with van der Waals surface area (Å²) < 4.78 is 41.5. The predicted molar refractivity (Wildman–Crippen MR) is 117 cm³/mol. The van der Waals surface area contributed by atoms with E-state index in [1.54, 1.807) is 18.3 Å². The standard InChI is InChI=1S/C24H22F3N5/c1-15-6-2-3-8-17(15)16-7-5-13-32(14-16)20-11-10-19(24(25,26)27)22(29-20)21-18-9-4-12-28-23(18)31-30-21/h2-4,6,8-12,16H,5,7,13-14H2,1H3,(H,28,30,31). The van der Waals surface area contributed by atoms with Crippen LogP contribution in [0.3, 0.4) is 0 Å². The molecule has 3 aromatic heterocycles.